The van der Waals surface area contributed by atoms with Gasteiger partial charge in [0.2, 0.25) is 5.91 Å². The van der Waals surface area contributed by atoms with Crippen LogP contribution in [0.25, 0.3) is 0 Å². The summed E-state index contributed by atoms with van der Waals surface area (Å²) in [4.78, 5) is 32.6. The standard InChI is InChI=1S/C22H22N4O4/c1-2-29-18-7-5-17(6-8-18)22(28)25-14-20(27)26-21-19(4-3-11-24-21)30-15-16-9-12-23-13-10-16/h3-13H,2,14-15H2,1H3,(H,25,28)(H,24,26,27). The summed E-state index contributed by atoms with van der Waals surface area (Å²) in [6, 6.07) is 13.8. The van der Waals surface area contributed by atoms with Gasteiger partial charge < -0.3 is 20.1 Å². The van der Waals surface area contributed by atoms with Crippen molar-refractivity contribution in [2.45, 2.75) is 13.5 Å². The summed E-state index contributed by atoms with van der Waals surface area (Å²) in [6.07, 6.45) is 4.91. The molecule has 2 N–H and O–H groups in total. The Morgan fingerprint density at radius 3 is 2.47 bits per heavy atom. The van der Waals surface area contributed by atoms with Crippen LogP contribution in [-0.2, 0) is 11.4 Å². The highest BCUT2D eigenvalue weighted by atomic mass is 16.5. The van der Waals surface area contributed by atoms with Gasteiger partial charge in [-0.2, -0.15) is 0 Å². The van der Waals surface area contributed by atoms with E-state index >= 15 is 0 Å². The third-order valence-electron chi connectivity index (χ3n) is 4.01. The average Bonchev–Trinajstić information content (AvgIpc) is 2.78. The summed E-state index contributed by atoms with van der Waals surface area (Å²) in [7, 11) is 0. The Kier molecular flexibility index (Phi) is 7.32. The third kappa shape index (κ3) is 6.03. The first-order chi connectivity index (χ1) is 14.7. The normalized spacial score (nSPS) is 10.2. The van der Waals surface area contributed by atoms with E-state index < -0.39 is 5.91 Å². The Balaban J connectivity index is 1.52. The summed E-state index contributed by atoms with van der Waals surface area (Å²) in [5, 5.41) is 5.24. The first-order valence-electron chi connectivity index (χ1n) is 9.43. The van der Waals surface area contributed by atoms with Crippen LogP contribution in [0.3, 0.4) is 0 Å². The molecule has 8 nitrogen and oxygen atoms in total. The van der Waals surface area contributed by atoms with Crippen LogP contribution in [0.15, 0.2) is 67.1 Å². The molecule has 3 rings (SSSR count). The van der Waals surface area contributed by atoms with Crippen molar-refractivity contribution in [3.8, 4) is 11.5 Å². The number of amides is 2. The van der Waals surface area contributed by atoms with Gasteiger partial charge in [-0.15, -0.1) is 0 Å². The molecule has 3 aromatic rings. The second kappa shape index (κ2) is 10.6. The number of ether oxygens (including phenoxy) is 2. The highest BCUT2D eigenvalue weighted by Crippen LogP contribution is 2.22. The number of pyridine rings is 2. The fourth-order valence-corrected chi connectivity index (χ4v) is 2.55. The molecular formula is C22H22N4O4. The molecule has 1 aromatic carbocycles. The number of rotatable bonds is 9. The Morgan fingerprint density at radius 2 is 1.73 bits per heavy atom. The molecule has 0 radical (unpaired) electrons. The Bertz CT molecular complexity index is 978. The molecule has 0 saturated heterocycles. The van der Waals surface area contributed by atoms with E-state index in [2.05, 4.69) is 20.6 Å². The Labute approximate surface area is 174 Å². The third-order valence-corrected chi connectivity index (χ3v) is 4.01. The number of aromatic nitrogens is 2. The molecule has 0 atom stereocenters. The fraction of sp³-hybridized carbons (Fsp3) is 0.182. The number of hydrogen-bond donors (Lipinski definition) is 2. The van der Waals surface area contributed by atoms with Gasteiger partial charge in [0.1, 0.15) is 12.4 Å². The van der Waals surface area contributed by atoms with Crippen molar-refractivity contribution in [1.82, 2.24) is 15.3 Å². The molecule has 0 spiro atoms. The lowest BCUT2D eigenvalue weighted by molar-refractivity contribution is -0.115. The molecule has 0 aliphatic rings. The molecule has 0 saturated carbocycles. The van der Waals surface area contributed by atoms with Gasteiger partial charge in [0.15, 0.2) is 11.6 Å². The number of nitrogens with one attached hydrogen (secondary N) is 2. The second-order valence-electron chi connectivity index (χ2n) is 6.18. The van der Waals surface area contributed by atoms with E-state index in [4.69, 9.17) is 9.47 Å². The lowest BCUT2D eigenvalue weighted by Gasteiger charge is -2.12. The highest BCUT2D eigenvalue weighted by Gasteiger charge is 2.12. The number of carbonyl (C=O) groups is 2. The molecule has 0 aliphatic heterocycles. The summed E-state index contributed by atoms with van der Waals surface area (Å²) in [6.45, 7) is 2.54. The van der Waals surface area contributed by atoms with Gasteiger partial charge in [0.25, 0.3) is 5.91 Å². The van der Waals surface area contributed by atoms with Gasteiger partial charge in [-0.1, -0.05) is 0 Å². The highest BCUT2D eigenvalue weighted by molar-refractivity contribution is 5.99. The summed E-state index contributed by atoms with van der Waals surface area (Å²) in [5.74, 6) is 0.624. The van der Waals surface area contributed by atoms with Gasteiger partial charge >= 0.3 is 0 Å². The van der Waals surface area contributed by atoms with Gasteiger partial charge in [-0.05, 0) is 61.0 Å². The van der Waals surface area contributed by atoms with E-state index in [0.29, 0.717) is 30.3 Å². The van der Waals surface area contributed by atoms with E-state index in [1.165, 1.54) is 0 Å². The molecule has 154 valence electrons. The maximum absolute atomic E-state index is 12.3. The number of benzene rings is 1. The van der Waals surface area contributed by atoms with E-state index in [9.17, 15) is 9.59 Å². The van der Waals surface area contributed by atoms with Crippen molar-refractivity contribution < 1.29 is 19.1 Å². The second-order valence-corrected chi connectivity index (χ2v) is 6.18. The molecule has 2 aromatic heterocycles. The largest absolute Gasteiger partial charge is 0.494 e. The SMILES string of the molecule is CCOc1ccc(C(=O)NCC(=O)Nc2ncccc2OCc2ccncc2)cc1. The zero-order valence-corrected chi connectivity index (χ0v) is 16.5. The molecular weight excluding hydrogens is 384 g/mol. The summed E-state index contributed by atoms with van der Waals surface area (Å²) < 4.78 is 11.1. The molecule has 0 fully saturated rings. The van der Waals surface area contributed by atoms with Crippen LogP contribution in [0.1, 0.15) is 22.8 Å². The van der Waals surface area contributed by atoms with Crippen molar-refractivity contribution >= 4 is 17.6 Å². The fourth-order valence-electron chi connectivity index (χ4n) is 2.55. The van der Waals surface area contributed by atoms with Crippen molar-refractivity contribution in [1.29, 1.82) is 0 Å². The molecule has 0 bridgehead atoms. The van der Waals surface area contributed by atoms with Crippen LogP contribution in [0.2, 0.25) is 0 Å². The van der Waals surface area contributed by atoms with Gasteiger partial charge in [-0.25, -0.2) is 4.98 Å². The zero-order chi connectivity index (χ0) is 21.2. The predicted octanol–water partition coefficient (Wildman–Crippen LogP) is 2.82. The van der Waals surface area contributed by atoms with Crippen LogP contribution in [0.4, 0.5) is 5.82 Å². The quantitative estimate of drug-likeness (QED) is 0.567. The molecule has 30 heavy (non-hydrogen) atoms. The summed E-state index contributed by atoms with van der Waals surface area (Å²) >= 11 is 0. The Morgan fingerprint density at radius 1 is 0.967 bits per heavy atom. The van der Waals surface area contributed by atoms with Crippen molar-refractivity contribution in [2.24, 2.45) is 0 Å². The predicted molar refractivity (Wildman–Crippen MR) is 111 cm³/mol. The van der Waals surface area contributed by atoms with Crippen LogP contribution in [0.5, 0.6) is 11.5 Å². The smallest absolute Gasteiger partial charge is 0.251 e. The van der Waals surface area contributed by atoms with E-state index in [1.807, 2.05) is 19.1 Å². The van der Waals surface area contributed by atoms with Gasteiger partial charge in [0.05, 0.1) is 13.2 Å². The van der Waals surface area contributed by atoms with E-state index in [0.717, 1.165) is 5.56 Å². The maximum Gasteiger partial charge on any atom is 0.251 e. The molecule has 0 aliphatic carbocycles. The summed E-state index contributed by atoms with van der Waals surface area (Å²) in [5.41, 5.74) is 1.37. The minimum atomic E-state index is -0.415. The number of hydrogen-bond acceptors (Lipinski definition) is 6. The van der Waals surface area contributed by atoms with Crippen LogP contribution >= 0.6 is 0 Å². The van der Waals surface area contributed by atoms with Crippen LogP contribution in [-0.4, -0.2) is 34.9 Å². The molecule has 2 heterocycles. The maximum atomic E-state index is 12.3. The zero-order valence-electron chi connectivity index (χ0n) is 16.5. The first kappa shape index (κ1) is 20.8. The first-order valence-corrected chi connectivity index (χ1v) is 9.43. The number of nitrogens with zero attached hydrogens (tertiary/aromatic N) is 2. The molecule has 0 unspecified atom stereocenters. The molecule has 8 heteroatoms. The average molecular weight is 406 g/mol. The lowest BCUT2D eigenvalue weighted by Crippen LogP contribution is -2.33. The lowest BCUT2D eigenvalue weighted by atomic mass is 10.2. The Hall–Kier alpha value is -3.94. The van der Waals surface area contributed by atoms with E-state index in [-0.39, 0.29) is 18.3 Å². The van der Waals surface area contributed by atoms with Crippen molar-refractivity contribution in [3.63, 3.8) is 0 Å². The number of anilines is 1. The van der Waals surface area contributed by atoms with Crippen LogP contribution in [0, 0.1) is 0 Å². The van der Waals surface area contributed by atoms with Crippen LogP contribution < -0.4 is 20.1 Å². The minimum absolute atomic E-state index is 0.202. The van der Waals surface area contributed by atoms with E-state index in [1.54, 1.807) is 55.0 Å². The molecule has 2 amide bonds. The minimum Gasteiger partial charge on any atom is -0.494 e. The topological polar surface area (TPSA) is 102 Å². The number of carbonyl (C=O) groups excluding carboxylic acids is 2. The monoisotopic (exact) mass is 406 g/mol. The van der Waals surface area contributed by atoms with Gasteiger partial charge in [-0.3, -0.25) is 14.6 Å². The van der Waals surface area contributed by atoms with Crippen molar-refractivity contribution in [3.05, 3.63) is 78.2 Å². The van der Waals surface area contributed by atoms with Crippen molar-refractivity contribution in [2.75, 3.05) is 18.5 Å². The van der Waals surface area contributed by atoms with Gasteiger partial charge in [0, 0.05) is 24.2 Å².